The van der Waals surface area contributed by atoms with Gasteiger partial charge in [-0.3, -0.25) is 4.98 Å². The predicted molar refractivity (Wildman–Crippen MR) is 130 cm³/mol. The number of H-pyrrole nitrogens is 1. The Kier molecular flexibility index (Phi) is 5.10. The quantitative estimate of drug-likeness (QED) is 0.426. The minimum absolute atomic E-state index is 0.187. The summed E-state index contributed by atoms with van der Waals surface area (Å²) in [6.45, 7) is 8.11. The maximum atomic E-state index is 13.9. The number of rotatable bonds is 4. The number of nitrogens with one attached hydrogen (secondary N) is 1. The molecule has 1 saturated heterocycles. The van der Waals surface area contributed by atoms with Crippen LogP contribution in [0.25, 0.3) is 33.8 Å². The van der Waals surface area contributed by atoms with Crippen LogP contribution in [0.15, 0.2) is 49.1 Å². The molecule has 35 heavy (non-hydrogen) atoms. The number of aryl methyl sites for hydroxylation is 1. The Labute approximate surface area is 201 Å². The summed E-state index contributed by atoms with van der Waals surface area (Å²) in [4.78, 5) is 14.6. The van der Waals surface area contributed by atoms with Gasteiger partial charge in [0.05, 0.1) is 71.9 Å². The average Bonchev–Trinajstić information content (AvgIpc) is 3.58. The number of pyridine rings is 1. The molecule has 0 bridgehead atoms. The fraction of sp³-hybridized carbons (Fsp3) is 0.280. The summed E-state index contributed by atoms with van der Waals surface area (Å²) in [5, 5.41) is 9.44. The normalized spacial score (nSPS) is 16.3. The summed E-state index contributed by atoms with van der Waals surface area (Å²) in [7, 11) is 0. The van der Waals surface area contributed by atoms with Gasteiger partial charge in [0.1, 0.15) is 11.6 Å². The lowest BCUT2D eigenvalue weighted by atomic mass is 10.1. The molecule has 0 radical (unpaired) electrons. The Bertz CT molecular complexity index is 1520. The van der Waals surface area contributed by atoms with Crippen LogP contribution in [-0.4, -0.2) is 60.1 Å². The minimum atomic E-state index is -0.408. The first-order valence-corrected chi connectivity index (χ1v) is 11.6. The standard InChI is InChI=1S/C25H25FN8O/c1-15-14-35-8-7-32(15)23-10-22(34-25(30-23)20(13-29-34)21-5-4-6-28-21)24-16(2)31-33(17(24)3)19-9-18(26)11-27-12-19/h4-6,9-13,15,28H,7-8,14H2,1-3H3/t15-/m1/s1. The zero-order valence-electron chi connectivity index (χ0n) is 19.7. The number of aromatic nitrogens is 7. The van der Waals surface area contributed by atoms with Crippen molar-refractivity contribution in [3.63, 3.8) is 0 Å². The number of ether oxygens (including phenoxy) is 1. The van der Waals surface area contributed by atoms with Gasteiger partial charge in [0.15, 0.2) is 5.65 Å². The number of hydrogen-bond acceptors (Lipinski definition) is 6. The van der Waals surface area contributed by atoms with Crippen LogP contribution in [0.3, 0.4) is 0 Å². The second-order valence-electron chi connectivity index (χ2n) is 8.81. The molecule has 6 rings (SSSR count). The number of aromatic amines is 1. The first kappa shape index (κ1) is 21.5. The van der Waals surface area contributed by atoms with Crippen molar-refractivity contribution in [3.8, 4) is 28.2 Å². The number of nitrogens with zero attached hydrogens (tertiary/aromatic N) is 7. The first-order valence-electron chi connectivity index (χ1n) is 11.6. The first-order chi connectivity index (χ1) is 17.0. The second kappa shape index (κ2) is 8.31. The molecule has 0 saturated carbocycles. The lowest BCUT2D eigenvalue weighted by Crippen LogP contribution is -2.44. The Morgan fingerprint density at radius 2 is 2.06 bits per heavy atom. The number of hydrogen-bond donors (Lipinski definition) is 1. The lowest BCUT2D eigenvalue weighted by molar-refractivity contribution is 0.0985. The van der Waals surface area contributed by atoms with Crippen LogP contribution >= 0.6 is 0 Å². The molecule has 0 aromatic carbocycles. The van der Waals surface area contributed by atoms with Gasteiger partial charge in [-0.05, 0) is 32.9 Å². The third kappa shape index (κ3) is 3.57. The maximum absolute atomic E-state index is 13.9. The van der Waals surface area contributed by atoms with Gasteiger partial charge in [-0.15, -0.1) is 0 Å². The van der Waals surface area contributed by atoms with Crippen molar-refractivity contribution >= 4 is 11.5 Å². The molecule has 5 aromatic rings. The highest BCUT2D eigenvalue weighted by atomic mass is 19.1. The molecular weight excluding hydrogens is 447 g/mol. The molecule has 0 amide bonds. The van der Waals surface area contributed by atoms with E-state index in [9.17, 15) is 4.39 Å². The van der Waals surface area contributed by atoms with E-state index in [1.54, 1.807) is 10.9 Å². The molecular formula is C25H25FN8O. The van der Waals surface area contributed by atoms with Crippen LogP contribution in [0.4, 0.5) is 10.2 Å². The molecule has 9 nitrogen and oxygen atoms in total. The van der Waals surface area contributed by atoms with Gasteiger partial charge < -0.3 is 14.6 Å². The molecule has 6 heterocycles. The summed E-state index contributed by atoms with van der Waals surface area (Å²) in [6.07, 6.45) is 6.51. The topological polar surface area (TPSA) is 89.2 Å². The van der Waals surface area contributed by atoms with E-state index in [4.69, 9.17) is 19.9 Å². The Morgan fingerprint density at radius 1 is 1.17 bits per heavy atom. The van der Waals surface area contributed by atoms with Gasteiger partial charge in [0.25, 0.3) is 0 Å². The van der Waals surface area contributed by atoms with Crippen molar-refractivity contribution in [2.45, 2.75) is 26.8 Å². The highest BCUT2D eigenvalue weighted by molar-refractivity contribution is 5.80. The van der Waals surface area contributed by atoms with E-state index >= 15 is 0 Å². The van der Waals surface area contributed by atoms with E-state index in [0.717, 1.165) is 51.9 Å². The molecule has 178 valence electrons. The van der Waals surface area contributed by atoms with Crippen molar-refractivity contribution < 1.29 is 9.13 Å². The fourth-order valence-corrected chi connectivity index (χ4v) is 4.81. The summed E-state index contributed by atoms with van der Waals surface area (Å²) < 4.78 is 23.2. The fourth-order valence-electron chi connectivity index (χ4n) is 4.81. The Balaban J connectivity index is 1.59. The minimum Gasteiger partial charge on any atom is -0.377 e. The van der Waals surface area contributed by atoms with Gasteiger partial charge in [-0.1, -0.05) is 0 Å². The van der Waals surface area contributed by atoms with E-state index < -0.39 is 5.82 Å². The zero-order valence-corrected chi connectivity index (χ0v) is 19.7. The van der Waals surface area contributed by atoms with Crippen LogP contribution in [-0.2, 0) is 4.74 Å². The smallest absolute Gasteiger partial charge is 0.167 e. The number of morpholine rings is 1. The van der Waals surface area contributed by atoms with Gasteiger partial charge in [-0.25, -0.2) is 18.6 Å². The van der Waals surface area contributed by atoms with Crippen molar-refractivity contribution in [3.05, 3.63) is 66.3 Å². The van der Waals surface area contributed by atoms with Crippen molar-refractivity contribution in [2.24, 2.45) is 0 Å². The zero-order chi connectivity index (χ0) is 24.1. The molecule has 5 aromatic heterocycles. The van der Waals surface area contributed by atoms with Gasteiger partial charge in [-0.2, -0.15) is 10.2 Å². The monoisotopic (exact) mass is 472 g/mol. The van der Waals surface area contributed by atoms with E-state index in [1.165, 1.54) is 12.3 Å². The van der Waals surface area contributed by atoms with Crippen LogP contribution in [0.1, 0.15) is 18.3 Å². The summed E-state index contributed by atoms with van der Waals surface area (Å²) in [5.41, 5.74) is 6.63. The summed E-state index contributed by atoms with van der Waals surface area (Å²) >= 11 is 0. The van der Waals surface area contributed by atoms with E-state index in [2.05, 4.69) is 27.9 Å². The van der Waals surface area contributed by atoms with E-state index in [0.29, 0.717) is 18.9 Å². The molecule has 0 spiro atoms. The Morgan fingerprint density at radius 3 is 2.83 bits per heavy atom. The molecule has 1 N–H and O–H groups in total. The average molecular weight is 473 g/mol. The SMILES string of the molecule is Cc1nn(-c2cncc(F)c2)c(C)c1-c1cc(N2CCOC[C@H]2C)nc2c(-c3ccc[nH]3)cnn12. The van der Waals surface area contributed by atoms with E-state index in [1.807, 2.05) is 42.9 Å². The van der Waals surface area contributed by atoms with Gasteiger partial charge in [0.2, 0.25) is 0 Å². The summed E-state index contributed by atoms with van der Waals surface area (Å²) in [6, 6.07) is 7.64. The van der Waals surface area contributed by atoms with Crippen LogP contribution < -0.4 is 4.90 Å². The Hall–Kier alpha value is -4.05. The highest BCUT2D eigenvalue weighted by Gasteiger charge is 2.26. The van der Waals surface area contributed by atoms with Crippen molar-refractivity contribution in [2.75, 3.05) is 24.7 Å². The van der Waals surface area contributed by atoms with Crippen molar-refractivity contribution in [1.29, 1.82) is 0 Å². The molecule has 1 aliphatic rings. The maximum Gasteiger partial charge on any atom is 0.167 e. The molecule has 1 fully saturated rings. The van der Waals surface area contributed by atoms with Gasteiger partial charge in [0, 0.05) is 30.4 Å². The number of halogens is 1. The summed E-state index contributed by atoms with van der Waals surface area (Å²) in [5.74, 6) is 0.449. The largest absolute Gasteiger partial charge is 0.377 e. The third-order valence-electron chi connectivity index (χ3n) is 6.49. The molecule has 0 unspecified atom stereocenters. The molecule has 10 heteroatoms. The van der Waals surface area contributed by atoms with Crippen LogP contribution in [0.5, 0.6) is 0 Å². The van der Waals surface area contributed by atoms with Crippen molar-refractivity contribution in [1.82, 2.24) is 34.3 Å². The lowest BCUT2D eigenvalue weighted by Gasteiger charge is -2.34. The molecule has 0 aliphatic carbocycles. The third-order valence-corrected chi connectivity index (χ3v) is 6.49. The highest BCUT2D eigenvalue weighted by Crippen LogP contribution is 2.34. The van der Waals surface area contributed by atoms with E-state index in [-0.39, 0.29) is 6.04 Å². The van der Waals surface area contributed by atoms with Gasteiger partial charge >= 0.3 is 0 Å². The predicted octanol–water partition coefficient (Wildman–Crippen LogP) is 3.95. The second-order valence-corrected chi connectivity index (χ2v) is 8.81. The number of fused-ring (bicyclic) bond motifs is 1. The van der Waals surface area contributed by atoms with Crippen LogP contribution in [0, 0.1) is 19.7 Å². The molecule has 1 atom stereocenters. The molecule has 1 aliphatic heterocycles. The number of anilines is 1. The van der Waals surface area contributed by atoms with Crippen LogP contribution in [0.2, 0.25) is 0 Å².